The Bertz CT molecular complexity index is 538. The highest BCUT2D eigenvalue weighted by atomic mass is 127. The molecule has 0 aliphatic rings. The lowest BCUT2D eigenvalue weighted by molar-refractivity contribution is 1.66. The summed E-state index contributed by atoms with van der Waals surface area (Å²) in [5, 5.41) is 3.70. The van der Waals surface area contributed by atoms with Gasteiger partial charge in [-0.05, 0) is 61.8 Å². The molecule has 0 aromatic heterocycles. The molecule has 0 saturated carbocycles. The Morgan fingerprint density at radius 3 is 2.19 bits per heavy atom. The number of hydrogen-bond acceptors (Lipinski definition) is 0. The van der Waals surface area contributed by atoms with E-state index >= 15 is 0 Å². The third-order valence-electron chi connectivity index (χ3n) is 2.39. The molecule has 0 heterocycles. The Morgan fingerprint density at radius 1 is 0.812 bits per heavy atom. The molecule has 3 unspecified atom stereocenters. The Hall–Kier alpha value is 0.460. The molecule has 0 N–H and O–H groups in total. The van der Waals surface area contributed by atoms with Crippen LogP contribution in [0.5, 0.6) is 0 Å². The minimum Gasteiger partial charge on any atom is -0.106 e. The van der Waals surface area contributed by atoms with Gasteiger partial charge >= 0.3 is 0 Å². The Morgan fingerprint density at radius 2 is 1.56 bits per heavy atom. The standard InChI is InChI=1S/C12H12IP3/c13-10-5-7(1-4-11(10)15)9-3-2-8(14)6-12(9)16/h1-6H,14-16H2. The van der Waals surface area contributed by atoms with Crippen LogP contribution >= 0.6 is 50.3 Å². The van der Waals surface area contributed by atoms with E-state index in [1.807, 2.05) is 0 Å². The Kier molecular flexibility index (Phi) is 4.36. The summed E-state index contributed by atoms with van der Waals surface area (Å²) in [6.45, 7) is 0. The monoisotopic (exact) mass is 376 g/mol. The Balaban J connectivity index is 2.54. The summed E-state index contributed by atoms with van der Waals surface area (Å²) >= 11 is 2.36. The van der Waals surface area contributed by atoms with Gasteiger partial charge in [-0.1, -0.05) is 24.3 Å². The summed E-state index contributed by atoms with van der Waals surface area (Å²) in [6.07, 6.45) is 0. The highest BCUT2D eigenvalue weighted by Gasteiger charge is 2.03. The van der Waals surface area contributed by atoms with Gasteiger partial charge in [0.2, 0.25) is 0 Å². The second-order valence-corrected chi connectivity index (χ2v) is 6.66. The van der Waals surface area contributed by atoms with Crippen molar-refractivity contribution in [1.82, 2.24) is 0 Å². The van der Waals surface area contributed by atoms with E-state index in [0.717, 1.165) is 0 Å². The molecule has 4 heteroatoms. The van der Waals surface area contributed by atoms with Gasteiger partial charge in [0.1, 0.15) is 0 Å². The van der Waals surface area contributed by atoms with Crippen molar-refractivity contribution in [3.05, 3.63) is 40.0 Å². The van der Waals surface area contributed by atoms with Gasteiger partial charge in [-0.3, -0.25) is 0 Å². The van der Waals surface area contributed by atoms with Gasteiger partial charge in [0.05, 0.1) is 0 Å². The smallest absolute Gasteiger partial charge is 0.0208 e. The van der Waals surface area contributed by atoms with E-state index in [2.05, 4.69) is 86.7 Å². The molecule has 2 aromatic carbocycles. The quantitative estimate of drug-likeness (QED) is 0.530. The van der Waals surface area contributed by atoms with Crippen LogP contribution in [0.1, 0.15) is 0 Å². The first-order chi connectivity index (χ1) is 7.58. The van der Waals surface area contributed by atoms with Crippen molar-refractivity contribution in [2.45, 2.75) is 0 Å². The summed E-state index contributed by atoms with van der Waals surface area (Å²) in [6, 6.07) is 13.0. The van der Waals surface area contributed by atoms with Gasteiger partial charge < -0.3 is 0 Å². The fourth-order valence-corrected chi connectivity index (χ4v) is 3.16. The average Bonchev–Trinajstić information content (AvgIpc) is 2.22. The highest BCUT2D eigenvalue weighted by molar-refractivity contribution is 14.1. The minimum absolute atomic E-state index is 1.21. The number of rotatable bonds is 1. The van der Waals surface area contributed by atoms with Crippen LogP contribution in [0, 0.1) is 3.57 Å². The van der Waals surface area contributed by atoms with Gasteiger partial charge in [-0.2, -0.15) is 0 Å². The number of hydrogen-bond donors (Lipinski definition) is 0. The molecule has 0 bridgehead atoms. The highest BCUT2D eigenvalue weighted by Crippen LogP contribution is 2.21. The van der Waals surface area contributed by atoms with Crippen LogP contribution in [0.4, 0.5) is 0 Å². The number of benzene rings is 2. The Labute approximate surface area is 117 Å². The molecular formula is C12H12IP3. The lowest BCUT2D eigenvalue weighted by Gasteiger charge is -2.08. The molecule has 82 valence electrons. The summed E-state index contributed by atoms with van der Waals surface area (Å²) < 4.78 is 1.28. The third kappa shape index (κ3) is 2.82. The van der Waals surface area contributed by atoms with Crippen molar-refractivity contribution in [2.75, 3.05) is 0 Å². The first kappa shape index (κ1) is 12.9. The summed E-state index contributed by atoms with van der Waals surface area (Å²) in [5.41, 5.74) is 2.55. The average molecular weight is 376 g/mol. The van der Waals surface area contributed by atoms with Crippen molar-refractivity contribution >= 4 is 66.2 Å². The maximum atomic E-state index is 2.80. The zero-order chi connectivity index (χ0) is 11.7. The predicted molar refractivity (Wildman–Crippen MR) is 92.6 cm³/mol. The van der Waals surface area contributed by atoms with Crippen molar-refractivity contribution in [3.8, 4) is 11.1 Å². The molecule has 16 heavy (non-hydrogen) atoms. The van der Waals surface area contributed by atoms with E-state index in [4.69, 9.17) is 0 Å². The SMILES string of the molecule is Pc1ccc(-c2ccc(P)c(I)c2)c(P)c1. The molecule has 0 aliphatic heterocycles. The van der Waals surface area contributed by atoms with Crippen LogP contribution in [0.2, 0.25) is 0 Å². The van der Waals surface area contributed by atoms with Crippen LogP contribution in [0.3, 0.4) is 0 Å². The molecule has 2 rings (SSSR count). The fourth-order valence-electron chi connectivity index (χ4n) is 1.54. The second-order valence-electron chi connectivity index (χ2n) is 3.58. The number of halogens is 1. The maximum absolute atomic E-state index is 2.80. The minimum atomic E-state index is 1.21. The zero-order valence-electron chi connectivity index (χ0n) is 8.57. The predicted octanol–water partition coefficient (Wildman–Crippen LogP) is 2.46. The largest absolute Gasteiger partial charge is 0.106 e. The topological polar surface area (TPSA) is 0 Å². The van der Waals surface area contributed by atoms with Crippen LogP contribution in [-0.2, 0) is 0 Å². The van der Waals surface area contributed by atoms with Crippen LogP contribution < -0.4 is 15.9 Å². The molecule has 0 nitrogen and oxygen atoms in total. The van der Waals surface area contributed by atoms with Crippen molar-refractivity contribution in [1.29, 1.82) is 0 Å². The van der Waals surface area contributed by atoms with Crippen molar-refractivity contribution in [2.24, 2.45) is 0 Å². The van der Waals surface area contributed by atoms with Gasteiger partial charge in [-0.15, -0.1) is 27.7 Å². The normalized spacial score (nSPS) is 10.5. The van der Waals surface area contributed by atoms with Gasteiger partial charge in [-0.25, -0.2) is 0 Å². The third-order valence-corrected chi connectivity index (χ3v) is 5.25. The van der Waals surface area contributed by atoms with E-state index < -0.39 is 0 Å². The van der Waals surface area contributed by atoms with Gasteiger partial charge in [0.25, 0.3) is 0 Å². The molecule has 0 spiro atoms. The van der Waals surface area contributed by atoms with E-state index in [1.54, 1.807) is 0 Å². The molecule has 0 fully saturated rings. The first-order valence-electron chi connectivity index (χ1n) is 4.78. The molecule has 0 saturated heterocycles. The molecule has 0 radical (unpaired) electrons. The molecular weight excluding hydrogens is 364 g/mol. The van der Waals surface area contributed by atoms with Crippen LogP contribution in [0.15, 0.2) is 36.4 Å². The van der Waals surface area contributed by atoms with Crippen LogP contribution in [0.25, 0.3) is 11.1 Å². The lowest BCUT2D eigenvalue weighted by atomic mass is 10.1. The second kappa shape index (κ2) is 5.40. The van der Waals surface area contributed by atoms with E-state index in [0.29, 0.717) is 0 Å². The summed E-state index contributed by atoms with van der Waals surface area (Å²) in [7, 11) is 8.27. The van der Waals surface area contributed by atoms with E-state index in [-0.39, 0.29) is 0 Å². The molecule has 0 amide bonds. The van der Waals surface area contributed by atoms with E-state index in [9.17, 15) is 0 Å². The van der Waals surface area contributed by atoms with Gasteiger partial charge in [0, 0.05) is 3.57 Å². The van der Waals surface area contributed by atoms with Crippen molar-refractivity contribution in [3.63, 3.8) is 0 Å². The first-order valence-corrected chi connectivity index (χ1v) is 7.59. The molecule has 3 atom stereocenters. The summed E-state index contributed by atoms with van der Waals surface area (Å²) in [4.78, 5) is 0. The van der Waals surface area contributed by atoms with Crippen LogP contribution in [-0.4, -0.2) is 0 Å². The van der Waals surface area contributed by atoms with E-state index in [1.165, 1.54) is 30.6 Å². The molecule has 2 aromatic rings. The fraction of sp³-hybridized carbons (Fsp3) is 0. The van der Waals surface area contributed by atoms with Gasteiger partial charge in [0.15, 0.2) is 0 Å². The zero-order valence-corrected chi connectivity index (χ0v) is 14.2. The summed E-state index contributed by atoms with van der Waals surface area (Å²) in [5.74, 6) is 0. The maximum Gasteiger partial charge on any atom is 0.0208 e. The van der Waals surface area contributed by atoms with Crippen molar-refractivity contribution < 1.29 is 0 Å². The molecule has 0 aliphatic carbocycles. The lowest BCUT2D eigenvalue weighted by Crippen LogP contribution is -2.05.